The molecule has 108 valence electrons. The molecule has 1 saturated carbocycles. The number of ketones is 1. The third-order valence-electron chi connectivity index (χ3n) is 4.89. The minimum Gasteiger partial charge on any atom is -0.321 e. The molecule has 1 atom stereocenters. The molecular weight excluding hydrogens is 222 g/mol. The Labute approximate surface area is 114 Å². The van der Waals surface area contributed by atoms with Crippen LogP contribution in [0.2, 0.25) is 0 Å². The van der Waals surface area contributed by atoms with E-state index >= 15 is 0 Å². The smallest absolute Gasteiger partial charge is 0.154 e. The highest BCUT2D eigenvalue weighted by Gasteiger charge is 2.64. The fraction of sp³-hybridized carbons (Fsp3) is 0.938. The first-order valence-electron chi connectivity index (χ1n) is 7.22. The highest BCUT2D eigenvalue weighted by Crippen LogP contribution is 2.69. The van der Waals surface area contributed by atoms with Gasteiger partial charge in [-0.25, -0.2) is 0 Å². The zero-order valence-electron chi connectivity index (χ0n) is 13.8. The van der Waals surface area contributed by atoms with Crippen LogP contribution in [0.4, 0.5) is 0 Å². The largest absolute Gasteiger partial charge is 0.321 e. The van der Waals surface area contributed by atoms with Crippen molar-refractivity contribution in [3.05, 3.63) is 0 Å². The number of hydrogen-bond donors (Lipinski definition) is 1. The summed E-state index contributed by atoms with van der Waals surface area (Å²) in [7, 11) is 0. The molecule has 0 bridgehead atoms. The summed E-state index contributed by atoms with van der Waals surface area (Å²) < 4.78 is 0. The van der Waals surface area contributed by atoms with Crippen LogP contribution in [-0.2, 0) is 4.79 Å². The predicted molar refractivity (Wildman–Crippen MR) is 79.5 cm³/mol. The zero-order valence-corrected chi connectivity index (χ0v) is 13.8. The highest BCUT2D eigenvalue weighted by molar-refractivity contribution is 5.88. The van der Waals surface area contributed by atoms with Crippen molar-refractivity contribution in [2.75, 3.05) is 0 Å². The Morgan fingerprint density at radius 2 is 1.44 bits per heavy atom. The summed E-state index contributed by atoms with van der Waals surface area (Å²) in [5.74, 6) is 0.757. The van der Waals surface area contributed by atoms with Gasteiger partial charge in [-0.15, -0.1) is 0 Å². The van der Waals surface area contributed by atoms with Crippen LogP contribution in [0.1, 0.15) is 68.7 Å². The number of Topliss-reactive ketones (excluding diaryl/α,β-unsaturated/α-hetero) is 1. The first-order valence-corrected chi connectivity index (χ1v) is 7.22. The van der Waals surface area contributed by atoms with E-state index in [4.69, 9.17) is 5.73 Å². The van der Waals surface area contributed by atoms with E-state index in [0.29, 0.717) is 16.7 Å². The molecule has 0 saturated heterocycles. The van der Waals surface area contributed by atoms with E-state index in [1.807, 2.05) is 34.6 Å². The van der Waals surface area contributed by atoms with E-state index in [1.54, 1.807) is 0 Å². The van der Waals surface area contributed by atoms with Gasteiger partial charge in [0.05, 0.1) is 6.04 Å². The third-order valence-corrected chi connectivity index (χ3v) is 4.89. The van der Waals surface area contributed by atoms with Crippen molar-refractivity contribution in [3.63, 3.8) is 0 Å². The van der Waals surface area contributed by atoms with Crippen molar-refractivity contribution in [2.24, 2.45) is 27.9 Å². The summed E-state index contributed by atoms with van der Waals surface area (Å²) in [6.45, 7) is 18.9. The van der Waals surface area contributed by atoms with Crippen molar-refractivity contribution in [1.29, 1.82) is 0 Å². The minimum absolute atomic E-state index is 0.186. The molecule has 18 heavy (non-hydrogen) atoms. The Morgan fingerprint density at radius 1 is 1.11 bits per heavy atom. The normalized spacial score (nSPS) is 22.8. The monoisotopic (exact) mass is 255 g/mol. The fourth-order valence-electron chi connectivity index (χ4n) is 2.84. The molecule has 0 radical (unpaired) electrons. The molecule has 1 rings (SSSR count). The molecule has 2 nitrogen and oxygen atoms in total. The van der Waals surface area contributed by atoms with Gasteiger partial charge in [0.2, 0.25) is 0 Å². The maximum atomic E-state index is 12.0. The van der Waals surface area contributed by atoms with Crippen LogP contribution in [-0.4, -0.2) is 11.8 Å². The lowest BCUT2D eigenvalue weighted by molar-refractivity contribution is -0.127. The van der Waals surface area contributed by atoms with Gasteiger partial charge in [0.15, 0.2) is 5.78 Å². The molecule has 1 fully saturated rings. The Morgan fingerprint density at radius 3 is 1.67 bits per heavy atom. The Bertz CT molecular complexity index is 283. The van der Waals surface area contributed by atoms with Crippen LogP contribution in [0.3, 0.4) is 0 Å². The lowest BCUT2D eigenvalue weighted by atomic mass is 9.84. The van der Waals surface area contributed by atoms with Crippen molar-refractivity contribution in [2.45, 2.75) is 74.8 Å². The van der Waals surface area contributed by atoms with Crippen molar-refractivity contribution in [3.8, 4) is 0 Å². The Kier molecular flexibility index (Phi) is 5.21. The molecule has 0 heterocycles. The van der Waals surface area contributed by atoms with Gasteiger partial charge in [-0.05, 0) is 23.2 Å². The second-order valence-corrected chi connectivity index (χ2v) is 7.45. The summed E-state index contributed by atoms with van der Waals surface area (Å²) in [6.07, 6.45) is 0.829. The summed E-state index contributed by atoms with van der Waals surface area (Å²) in [5, 5.41) is 0. The molecule has 0 aromatic heterocycles. The molecule has 0 aliphatic heterocycles. The van der Waals surface area contributed by atoms with Crippen LogP contribution in [0.5, 0.6) is 0 Å². The third kappa shape index (κ3) is 3.14. The second-order valence-electron chi connectivity index (χ2n) is 7.45. The van der Waals surface area contributed by atoms with Gasteiger partial charge in [-0.1, -0.05) is 62.3 Å². The highest BCUT2D eigenvalue weighted by atomic mass is 16.1. The molecule has 1 unspecified atom stereocenters. The van der Waals surface area contributed by atoms with Gasteiger partial charge >= 0.3 is 0 Å². The molecule has 2 heteroatoms. The van der Waals surface area contributed by atoms with Gasteiger partial charge in [0.25, 0.3) is 0 Å². The lowest BCUT2D eigenvalue weighted by Gasteiger charge is -2.22. The maximum absolute atomic E-state index is 12.0. The molecule has 2 N–H and O–H groups in total. The SMILES string of the molecule is CC.CC(C)(C)C(=O)C(N)CC1C(C)(C)C1(C)C. The van der Waals surface area contributed by atoms with Gasteiger partial charge in [0, 0.05) is 5.41 Å². The number of carbonyl (C=O) groups is 1. The van der Waals surface area contributed by atoms with Crippen molar-refractivity contribution >= 4 is 5.78 Å². The van der Waals surface area contributed by atoms with Gasteiger partial charge in [-0.2, -0.15) is 0 Å². The predicted octanol–water partition coefficient (Wildman–Crippen LogP) is 4.03. The quantitative estimate of drug-likeness (QED) is 0.827. The maximum Gasteiger partial charge on any atom is 0.154 e. The van der Waals surface area contributed by atoms with Gasteiger partial charge in [0.1, 0.15) is 0 Å². The molecule has 0 aromatic carbocycles. The second kappa shape index (κ2) is 5.32. The number of nitrogens with two attached hydrogens (primary N) is 1. The molecule has 1 aliphatic carbocycles. The first-order chi connectivity index (χ1) is 7.92. The molecule has 0 spiro atoms. The molecular formula is C16H33NO. The van der Waals surface area contributed by atoms with E-state index < -0.39 is 0 Å². The van der Waals surface area contributed by atoms with Gasteiger partial charge in [-0.3, -0.25) is 4.79 Å². The minimum atomic E-state index is -0.317. The Balaban J connectivity index is 0.00000137. The van der Waals surface area contributed by atoms with E-state index in [2.05, 4.69) is 27.7 Å². The molecule has 1 aliphatic rings. The van der Waals surface area contributed by atoms with Gasteiger partial charge < -0.3 is 5.73 Å². The number of carbonyl (C=O) groups excluding carboxylic acids is 1. The standard InChI is InChI=1S/C14H27NO.C2H6/c1-12(2,3)11(16)9(15)8-10-13(4,5)14(10,6)7;1-2/h9-10H,8,15H2,1-7H3;1-2H3. The van der Waals surface area contributed by atoms with Crippen molar-refractivity contribution < 1.29 is 4.79 Å². The molecule has 0 aromatic rings. The zero-order chi connectivity index (χ0) is 14.9. The number of rotatable bonds is 3. The average molecular weight is 255 g/mol. The van der Waals surface area contributed by atoms with E-state index in [9.17, 15) is 4.79 Å². The topological polar surface area (TPSA) is 43.1 Å². The Hall–Kier alpha value is -0.370. The number of hydrogen-bond acceptors (Lipinski definition) is 2. The average Bonchev–Trinajstić information content (AvgIpc) is 2.61. The van der Waals surface area contributed by atoms with Crippen LogP contribution in [0.25, 0.3) is 0 Å². The lowest BCUT2D eigenvalue weighted by Crippen LogP contribution is -2.39. The van der Waals surface area contributed by atoms with E-state index in [1.165, 1.54) is 0 Å². The summed E-state index contributed by atoms with van der Waals surface area (Å²) in [6, 6.07) is -0.300. The molecule has 0 amide bonds. The van der Waals surface area contributed by atoms with Crippen LogP contribution < -0.4 is 5.73 Å². The van der Waals surface area contributed by atoms with Crippen LogP contribution >= 0.6 is 0 Å². The van der Waals surface area contributed by atoms with Crippen LogP contribution in [0.15, 0.2) is 0 Å². The summed E-state index contributed by atoms with van der Waals surface area (Å²) in [4.78, 5) is 12.0. The summed E-state index contributed by atoms with van der Waals surface area (Å²) in [5.41, 5.74) is 6.36. The van der Waals surface area contributed by atoms with Crippen LogP contribution in [0, 0.1) is 22.2 Å². The van der Waals surface area contributed by atoms with E-state index in [-0.39, 0.29) is 17.2 Å². The fourth-order valence-corrected chi connectivity index (χ4v) is 2.84. The van der Waals surface area contributed by atoms with Crippen molar-refractivity contribution in [1.82, 2.24) is 0 Å². The van der Waals surface area contributed by atoms with E-state index in [0.717, 1.165) is 6.42 Å². The summed E-state index contributed by atoms with van der Waals surface area (Å²) >= 11 is 0. The first kappa shape index (κ1) is 17.6.